The van der Waals surface area contributed by atoms with Crippen LogP contribution in [0.1, 0.15) is 29.5 Å². The number of hydrogen-bond acceptors (Lipinski definition) is 9. The maximum absolute atomic E-state index is 14.0. The molecular weight excluding hydrogens is 538 g/mol. The Kier molecular flexibility index (Phi) is 6.75. The molecule has 1 saturated carbocycles. The highest BCUT2D eigenvalue weighted by Crippen LogP contribution is 2.53. The van der Waals surface area contributed by atoms with E-state index in [2.05, 4.69) is 4.90 Å². The van der Waals surface area contributed by atoms with Crippen LogP contribution in [0.4, 0.5) is 0 Å². The number of Topliss-reactive ketones (excluding diaryl/α,β-unsaturated/α-hetero) is 2. The summed E-state index contributed by atoms with van der Waals surface area (Å²) < 4.78 is 0. The third-order valence-corrected chi connectivity index (χ3v) is 9.01. The summed E-state index contributed by atoms with van der Waals surface area (Å²) in [5, 5.41) is 44.9. The van der Waals surface area contributed by atoms with Gasteiger partial charge in [-0.05, 0) is 74.8 Å². The summed E-state index contributed by atoms with van der Waals surface area (Å²) in [6, 6.07) is 10.0. The molecule has 2 aromatic rings. The lowest BCUT2D eigenvalue weighted by Gasteiger charge is -2.50. The van der Waals surface area contributed by atoms with Crippen LogP contribution in [0.25, 0.3) is 16.9 Å². The van der Waals surface area contributed by atoms with Crippen molar-refractivity contribution in [3.8, 4) is 16.9 Å². The van der Waals surface area contributed by atoms with Crippen molar-refractivity contribution in [1.82, 2.24) is 9.80 Å². The molecule has 1 aliphatic heterocycles. The number of aliphatic hydroxyl groups is 3. The summed E-state index contributed by atoms with van der Waals surface area (Å²) in [5.41, 5.74) is 4.75. The molecule has 1 amide bonds. The van der Waals surface area contributed by atoms with Crippen molar-refractivity contribution in [2.75, 3.05) is 27.2 Å². The fourth-order valence-electron chi connectivity index (χ4n) is 6.97. The van der Waals surface area contributed by atoms with Gasteiger partial charge in [-0.1, -0.05) is 30.3 Å². The quantitative estimate of drug-likeness (QED) is 0.338. The molecule has 1 saturated heterocycles. The Hall–Kier alpha value is -3.99. The number of ketones is 2. The Morgan fingerprint density at radius 3 is 2.33 bits per heavy atom. The van der Waals surface area contributed by atoms with Crippen LogP contribution in [0.5, 0.6) is 5.75 Å². The predicted octanol–water partition coefficient (Wildman–Crippen LogP) is 2.05. The first-order valence-electron chi connectivity index (χ1n) is 14.0. The zero-order chi connectivity index (χ0) is 30.1. The number of nitrogens with two attached hydrogens (primary N) is 1. The van der Waals surface area contributed by atoms with Crippen molar-refractivity contribution in [2.45, 2.75) is 31.0 Å². The third kappa shape index (κ3) is 4.08. The summed E-state index contributed by atoms with van der Waals surface area (Å²) in [4.78, 5) is 43.2. The maximum atomic E-state index is 14.0. The lowest BCUT2D eigenvalue weighted by Crippen LogP contribution is -2.65. The van der Waals surface area contributed by atoms with Gasteiger partial charge >= 0.3 is 0 Å². The predicted molar refractivity (Wildman–Crippen MR) is 154 cm³/mol. The summed E-state index contributed by atoms with van der Waals surface area (Å²) in [6.07, 6.45) is 5.64. The molecule has 0 bridgehead atoms. The molecule has 1 heterocycles. The average molecular weight is 572 g/mol. The van der Waals surface area contributed by atoms with E-state index in [-0.39, 0.29) is 16.9 Å². The van der Waals surface area contributed by atoms with Gasteiger partial charge in [0.1, 0.15) is 22.8 Å². The highest BCUT2D eigenvalue weighted by atomic mass is 16.3. The summed E-state index contributed by atoms with van der Waals surface area (Å²) in [5.74, 6) is -7.27. The normalized spacial score (nSPS) is 27.8. The smallest absolute Gasteiger partial charge is 0.255 e. The van der Waals surface area contributed by atoms with Gasteiger partial charge in [-0.25, -0.2) is 0 Å². The number of hydrogen-bond donors (Lipinski definition) is 5. The van der Waals surface area contributed by atoms with Crippen molar-refractivity contribution in [3.63, 3.8) is 0 Å². The number of likely N-dealkylation sites (tertiary alicyclic amines) is 1. The zero-order valence-electron chi connectivity index (χ0n) is 23.4. The topological polar surface area (TPSA) is 165 Å². The van der Waals surface area contributed by atoms with E-state index < -0.39 is 58.0 Å². The molecule has 3 aliphatic carbocycles. The van der Waals surface area contributed by atoms with Gasteiger partial charge in [0.2, 0.25) is 5.78 Å². The van der Waals surface area contributed by atoms with Gasteiger partial charge in [-0.2, -0.15) is 0 Å². The van der Waals surface area contributed by atoms with E-state index in [0.29, 0.717) is 11.1 Å². The summed E-state index contributed by atoms with van der Waals surface area (Å²) >= 11 is 0. The molecule has 6 N–H and O–H groups in total. The van der Waals surface area contributed by atoms with E-state index in [9.17, 15) is 34.8 Å². The number of benzene rings is 2. The maximum Gasteiger partial charge on any atom is 0.255 e. The second-order valence-corrected chi connectivity index (χ2v) is 11.7. The molecule has 10 nitrogen and oxygen atoms in total. The first-order valence-corrected chi connectivity index (χ1v) is 14.0. The summed E-state index contributed by atoms with van der Waals surface area (Å²) in [6.45, 7) is 3.03. The fourth-order valence-corrected chi connectivity index (χ4v) is 6.97. The molecule has 0 spiro atoms. The van der Waals surface area contributed by atoms with Crippen molar-refractivity contribution in [1.29, 1.82) is 0 Å². The van der Waals surface area contributed by atoms with Crippen LogP contribution in [0.3, 0.4) is 0 Å². The largest absolute Gasteiger partial charge is 0.508 e. The number of phenols is 1. The SMILES string of the molecule is CN(C)[C@@H]1C(=O)C(C(N)=O)=C(O)[C@@]2(O)C(=O)C3=C(O)c4c(O)ccc(-c5ccc(CN6CCCC6)cc5)c4[CH]C3[CH]C12. The molecule has 6 rings (SSSR count). The second kappa shape index (κ2) is 10.1. The van der Waals surface area contributed by atoms with Crippen LogP contribution in [0.2, 0.25) is 0 Å². The molecule has 4 aliphatic rings. The molecule has 218 valence electrons. The van der Waals surface area contributed by atoms with Gasteiger partial charge in [0.15, 0.2) is 11.4 Å². The second-order valence-electron chi connectivity index (χ2n) is 11.7. The van der Waals surface area contributed by atoms with Crippen LogP contribution in [0.15, 0.2) is 53.3 Å². The number of likely N-dealkylation sites (N-methyl/N-ethyl adjacent to an activating group) is 1. The Labute approximate surface area is 243 Å². The molecule has 10 heteroatoms. The van der Waals surface area contributed by atoms with E-state index >= 15 is 0 Å². The number of primary amides is 1. The van der Waals surface area contributed by atoms with E-state index in [4.69, 9.17) is 5.73 Å². The van der Waals surface area contributed by atoms with E-state index in [0.717, 1.165) is 25.2 Å². The minimum atomic E-state index is -2.73. The lowest BCUT2D eigenvalue weighted by atomic mass is 9.57. The molecule has 2 unspecified atom stereocenters. The molecule has 4 atom stereocenters. The van der Waals surface area contributed by atoms with Gasteiger partial charge in [-0.15, -0.1) is 0 Å². The number of nitrogens with zero attached hydrogens (tertiary/aromatic N) is 2. The highest BCUT2D eigenvalue weighted by Gasteiger charge is 2.64. The van der Waals surface area contributed by atoms with E-state index in [1.54, 1.807) is 26.6 Å². The number of amides is 1. The molecule has 2 aromatic carbocycles. The highest BCUT2D eigenvalue weighted by molar-refractivity contribution is 6.25. The fraction of sp³-hybridized carbons (Fsp3) is 0.344. The van der Waals surface area contributed by atoms with Crippen molar-refractivity contribution in [3.05, 3.63) is 82.8 Å². The zero-order valence-corrected chi connectivity index (χ0v) is 23.4. The van der Waals surface area contributed by atoms with Gasteiger partial charge in [-0.3, -0.25) is 24.2 Å². The van der Waals surface area contributed by atoms with Gasteiger partial charge in [0.05, 0.1) is 11.6 Å². The molecular formula is C32H33N3O7. The molecule has 2 radical (unpaired) electrons. The first-order chi connectivity index (χ1) is 19.9. The number of fused-ring (bicyclic) bond motifs is 3. The van der Waals surface area contributed by atoms with Gasteiger partial charge in [0.25, 0.3) is 5.91 Å². The lowest BCUT2D eigenvalue weighted by molar-refractivity contribution is -0.149. The van der Waals surface area contributed by atoms with E-state index in [1.807, 2.05) is 24.3 Å². The third-order valence-electron chi connectivity index (χ3n) is 9.01. The number of carbonyl (C=O) groups excluding carboxylic acids is 3. The average Bonchev–Trinajstić information content (AvgIpc) is 3.44. The van der Waals surface area contributed by atoms with Gasteiger partial charge in [0, 0.05) is 30.4 Å². The number of carbonyl (C=O) groups is 3. The Morgan fingerprint density at radius 2 is 1.71 bits per heavy atom. The molecule has 0 aromatic heterocycles. The van der Waals surface area contributed by atoms with Crippen LogP contribution in [-0.4, -0.2) is 86.5 Å². The molecule has 2 fully saturated rings. The van der Waals surface area contributed by atoms with Crippen LogP contribution in [0, 0.1) is 24.7 Å². The number of phenolic OH excluding ortho intramolecular Hbond substituents is 1. The minimum Gasteiger partial charge on any atom is -0.508 e. The number of aliphatic hydroxyl groups excluding tert-OH is 2. The van der Waals surface area contributed by atoms with Gasteiger partial charge < -0.3 is 26.2 Å². The van der Waals surface area contributed by atoms with Crippen molar-refractivity contribution in [2.24, 2.45) is 17.6 Å². The standard InChI is InChI=1S/C32H33N3O7/c1-34(2)26-21-14-18-13-20-19(17-7-5-16(6-8-17)15-35-11-3-4-12-35)9-10-22(36)24(20)27(37)23(18)29(39)32(21,42)30(40)25(28(26)38)31(33)41/h5-10,13-14,18,21,26,36-37,40,42H,3-4,11-12,15H2,1-2H3,(H2,33,41)/t18?,21?,26-,32-/m0/s1. The van der Waals surface area contributed by atoms with Crippen molar-refractivity contribution >= 4 is 23.2 Å². The van der Waals surface area contributed by atoms with E-state index in [1.165, 1.54) is 35.8 Å². The van der Waals surface area contributed by atoms with Crippen LogP contribution < -0.4 is 5.73 Å². The summed E-state index contributed by atoms with van der Waals surface area (Å²) in [7, 11) is 3.10. The van der Waals surface area contributed by atoms with Crippen molar-refractivity contribution < 1.29 is 34.8 Å². The Balaban J connectivity index is 1.45. The van der Waals surface area contributed by atoms with Crippen LogP contribution >= 0.6 is 0 Å². The Morgan fingerprint density at radius 1 is 1.05 bits per heavy atom. The number of rotatable bonds is 5. The minimum absolute atomic E-state index is 0.0123. The molecule has 42 heavy (non-hydrogen) atoms. The Bertz CT molecular complexity index is 1570. The number of aromatic hydroxyl groups is 1. The first kappa shape index (κ1) is 28.1. The van der Waals surface area contributed by atoms with Crippen LogP contribution in [-0.2, 0) is 20.9 Å². The monoisotopic (exact) mass is 571 g/mol.